The Kier molecular flexibility index (Phi) is 4.66. The van der Waals surface area contributed by atoms with Gasteiger partial charge in [0.25, 0.3) is 0 Å². The summed E-state index contributed by atoms with van der Waals surface area (Å²) in [6, 6.07) is 0. The molecular weight excluding hydrogens is 280 g/mol. The molecule has 20 heavy (non-hydrogen) atoms. The molecule has 0 bridgehead atoms. The van der Waals surface area contributed by atoms with Crippen LogP contribution in [0.25, 0.3) is 0 Å². The lowest BCUT2D eigenvalue weighted by Gasteiger charge is -2.14. The summed E-state index contributed by atoms with van der Waals surface area (Å²) in [7, 11) is 2.96. The number of nitrogens with two attached hydrogens (primary N) is 1. The molecule has 1 fully saturated rings. The van der Waals surface area contributed by atoms with Crippen molar-refractivity contribution in [1.29, 1.82) is 0 Å². The zero-order valence-corrected chi connectivity index (χ0v) is 12.3. The SMILES string of the molecule is COC(=O)CC1(CSc2ncnc(NN)c2OC)CC1. The first-order valence-corrected chi connectivity index (χ1v) is 7.18. The molecule has 110 valence electrons. The average Bonchev–Trinajstić information content (AvgIpc) is 3.24. The van der Waals surface area contributed by atoms with Crippen LogP contribution in [-0.2, 0) is 9.53 Å². The smallest absolute Gasteiger partial charge is 0.306 e. The second kappa shape index (κ2) is 6.27. The monoisotopic (exact) mass is 298 g/mol. The number of methoxy groups -OCH3 is 2. The molecule has 1 heterocycles. The van der Waals surface area contributed by atoms with Crippen LogP contribution < -0.4 is 16.0 Å². The van der Waals surface area contributed by atoms with Gasteiger partial charge in [-0.05, 0) is 18.3 Å². The number of carbonyl (C=O) groups excluding carboxylic acids is 1. The fourth-order valence-electron chi connectivity index (χ4n) is 1.90. The summed E-state index contributed by atoms with van der Waals surface area (Å²) in [6.07, 6.45) is 3.95. The predicted molar refractivity (Wildman–Crippen MR) is 75.4 cm³/mol. The van der Waals surface area contributed by atoms with Crippen molar-refractivity contribution in [3.8, 4) is 5.75 Å². The van der Waals surface area contributed by atoms with Crippen LogP contribution in [0.2, 0.25) is 0 Å². The van der Waals surface area contributed by atoms with Gasteiger partial charge in [-0.25, -0.2) is 15.8 Å². The molecule has 0 aromatic carbocycles. The molecule has 0 spiro atoms. The summed E-state index contributed by atoms with van der Waals surface area (Å²) in [5.74, 6) is 6.98. The van der Waals surface area contributed by atoms with Gasteiger partial charge in [-0.2, -0.15) is 0 Å². The van der Waals surface area contributed by atoms with Crippen LogP contribution in [0.3, 0.4) is 0 Å². The maximum absolute atomic E-state index is 11.4. The molecule has 0 aliphatic heterocycles. The molecule has 1 aliphatic carbocycles. The summed E-state index contributed by atoms with van der Waals surface area (Å²) in [4.78, 5) is 19.6. The Balaban J connectivity index is 2.02. The van der Waals surface area contributed by atoms with Crippen molar-refractivity contribution < 1.29 is 14.3 Å². The van der Waals surface area contributed by atoms with Crippen LogP contribution in [0.5, 0.6) is 5.75 Å². The fourth-order valence-corrected chi connectivity index (χ4v) is 3.16. The lowest BCUT2D eigenvalue weighted by atomic mass is 10.1. The van der Waals surface area contributed by atoms with Crippen LogP contribution >= 0.6 is 11.8 Å². The number of nitrogen functional groups attached to an aromatic ring is 1. The maximum Gasteiger partial charge on any atom is 0.306 e. The van der Waals surface area contributed by atoms with E-state index >= 15 is 0 Å². The molecule has 0 saturated heterocycles. The zero-order valence-electron chi connectivity index (χ0n) is 11.5. The summed E-state index contributed by atoms with van der Waals surface area (Å²) in [6.45, 7) is 0. The normalized spacial score (nSPS) is 15.6. The van der Waals surface area contributed by atoms with Gasteiger partial charge in [0.1, 0.15) is 11.4 Å². The number of carbonyl (C=O) groups is 1. The molecule has 8 heteroatoms. The molecule has 7 nitrogen and oxygen atoms in total. The molecule has 0 amide bonds. The summed E-state index contributed by atoms with van der Waals surface area (Å²) in [5.41, 5.74) is 2.51. The van der Waals surface area contributed by atoms with E-state index in [0.717, 1.165) is 18.6 Å². The number of nitrogens with zero attached hydrogens (tertiary/aromatic N) is 2. The number of hydrogen-bond donors (Lipinski definition) is 2. The van der Waals surface area contributed by atoms with Crippen LogP contribution in [-0.4, -0.2) is 35.9 Å². The van der Waals surface area contributed by atoms with E-state index in [1.54, 1.807) is 18.9 Å². The van der Waals surface area contributed by atoms with Gasteiger partial charge < -0.3 is 14.9 Å². The van der Waals surface area contributed by atoms with Crippen molar-refractivity contribution in [1.82, 2.24) is 9.97 Å². The van der Waals surface area contributed by atoms with E-state index in [-0.39, 0.29) is 11.4 Å². The van der Waals surface area contributed by atoms with Crippen molar-refractivity contribution in [2.45, 2.75) is 24.3 Å². The second-order valence-electron chi connectivity index (χ2n) is 4.75. The topological polar surface area (TPSA) is 99.4 Å². The van der Waals surface area contributed by atoms with E-state index in [0.29, 0.717) is 23.0 Å². The largest absolute Gasteiger partial charge is 0.490 e. The number of rotatable bonds is 7. The lowest BCUT2D eigenvalue weighted by Crippen LogP contribution is -2.14. The zero-order chi connectivity index (χ0) is 14.6. The van der Waals surface area contributed by atoms with E-state index in [9.17, 15) is 4.79 Å². The van der Waals surface area contributed by atoms with Crippen molar-refractivity contribution >= 4 is 23.5 Å². The molecule has 1 saturated carbocycles. The first-order chi connectivity index (χ1) is 9.64. The molecule has 1 aliphatic rings. The van der Waals surface area contributed by atoms with E-state index in [1.165, 1.54) is 13.4 Å². The minimum atomic E-state index is -0.165. The number of nitrogens with one attached hydrogen (secondary N) is 1. The van der Waals surface area contributed by atoms with Gasteiger partial charge >= 0.3 is 5.97 Å². The van der Waals surface area contributed by atoms with Crippen LogP contribution in [0.4, 0.5) is 5.82 Å². The number of ether oxygens (including phenoxy) is 2. The fraction of sp³-hybridized carbons (Fsp3) is 0.583. The Labute approximate surface area is 121 Å². The van der Waals surface area contributed by atoms with Gasteiger partial charge in [-0.1, -0.05) is 0 Å². The number of thioether (sulfide) groups is 1. The van der Waals surface area contributed by atoms with Crippen molar-refractivity contribution in [2.24, 2.45) is 11.3 Å². The number of hydrogen-bond acceptors (Lipinski definition) is 8. The van der Waals surface area contributed by atoms with E-state index in [1.807, 2.05) is 0 Å². The highest BCUT2D eigenvalue weighted by molar-refractivity contribution is 7.99. The highest BCUT2D eigenvalue weighted by Gasteiger charge is 2.44. The molecule has 1 aromatic heterocycles. The lowest BCUT2D eigenvalue weighted by molar-refractivity contribution is -0.141. The summed E-state index contributed by atoms with van der Waals surface area (Å²) < 4.78 is 10.0. The van der Waals surface area contributed by atoms with E-state index in [2.05, 4.69) is 15.4 Å². The molecule has 0 radical (unpaired) electrons. The van der Waals surface area contributed by atoms with Gasteiger partial charge in [0.05, 0.1) is 20.6 Å². The van der Waals surface area contributed by atoms with Gasteiger partial charge in [0.2, 0.25) is 0 Å². The minimum absolute atomic E-state index is 0.0318. The Bertz CT molecular complexity index is 494. The maximum atomic E-state index is 11.4. The Morgan fingerprint density at radius 2 is 2.25 bits per heavy atom. The first-order valence-electron chi connectivity index (χ1n) is 6.19. The first kappa shape index (κ1) is 14.9. The third kappa shape index (κ3) is 3.31. The average molecular weight is 298 g/mol. The molecule has 0 atom stereocenters. The Morgan fingerprint density at radius 1 is 1.50 bits per heavy atom. The highest BCUT2D eigenvalue weighted by atomic mass is 32.2. The van der Waals surface area contributed by atoms with Gasteiger partial charge in [-0.15, -0.1) is 11.8 Å². The molecule has 1 aromatic rings. The third-order valence-electron chi connectivity index (χ3n) is 3.33. The highest BCUT2D eigenvalue weighted by Crippen LogP contribution is 2.52. The van der Waals surface area contributed by atoms with E-state index in [4.69, 9.17) is 15.3 Å². The molecule has 3 N–H and O–H groups in total. The van der Waals surface area contributed by atoms with Crippen molar-refractivity contribution in [2.75, 3.05) is 25.4 Å². The summed E-state index contributed by atoms with van der Waals surface area (Å²) in [5, 5.41) is 0.714. The number of esters is 1. The quantitative estimate of drug-likeness (QED) is 0.255. The van der Waals surface area contributed by atoms with Crippen molar-refractivity contribution in [3.63, 3.8) is 0 Å². The predicted octanol–water partition coefficient (Wildman–Crippen LogP) is 1.21. The van der Waals surface area contributed by atoms with Crippen LogP contribution in [0.1, 0.15) is 19.3 Å². The third-order valence-corrected chi connectivity index (χ3v) is 4.65. The number of aromatic nitrogens is 2. The van der Waals surface area contributed by atoms with E-state index < -0.39 is 0 Å². The molecule has 0 unspecified atom stereocenters. The summed E-state index contributed by atoms with van der Waals surface area (Å²) >= 11 is 1.54. The van der Waals surface area contributed by atoms with Gasteiger partial charge in [0.15, 0.2) is 11.6 Å². The van der Waals surface area contributed by atoms with Crippen molar-refractivity contribution in [3.05, 3.63) is 6.33 Å². The van der Waals surface area contributed by atoms with Crippen LogP contribution in [0.15, 0.2) is 11.4 Å². The molecular formula is C12H18N4O3S. The Morgan fingerprint density at radius 3 is 2.80 bits per heavy atom. The minimum Gasteiger partial charge on any atom is -0.490 e. The standard InChI is InChI=1S/C12H18N4O3S/c1-18-8(17)5-12(3-4-12)6-20-11-9(19-2)10(16-13)14-7-15-11/h7H,3-6,13H2,1-2H3,(H,14,15,16). The molecule has 2 rings (SSSR count). The Hall–Kier alpha value is -1.54. The van der Waals surface area contributed by atoms with Crippen LogP contribution in [0, 0.1) is 5.41 Å². The van der Waals surface area contributed by atoms with Gasteiger partial charge in [-0.3, -0.25) is 4.79 Å². The number of anilines is 1. The number of hydrazine groups is 1. The second-order valence-corrected chi connectivity index (χ2v) is 5.71. The van der Waals surface area contributed by atoms with Gasteiger partial charge in [0, 0.05) is 5.75 Å².